The Morgan fingerprint density at radius 3 is 2.66 bits per heavy atom. The third kappa shape index (κ3) is 3.28. The Hall–Kier alpha value is -2.17. The predicted molar refractivity (Wildman–Crippen MR) is 117 cm³/mol. The fourth-order valence-corrected chi connectivity index (χ4v) is 5.41. The molecule has 1 saturated carbocycles. The van der Waals surface area contributed by atoms with Gasteiger partial charge in [-0.05, 0) is 48.1 Å². The number of benzene rings is 2. The topological polar surface area (TPSA) is 24.3 Å². The molecule has 0 N–H and O–H groups in total. The number of imidazole rings is 1. The van der Waals surface area contributed by atoms with E-state index in [4.69, 9.17) is 4.98 Å². The molecule has 0 unspecified atom stereocenters. The van der Waals surface area contributed by atoms with Gasteiger partial charge in [0.05, 0.1) is 11.0 Å². The van der Waals surface area contributed by atoms with Crippen LogP contribution in [0.15, 0.2) is 42.5 Å². The molecule has 4 nitrogen and oxygen atoms in total. The minimum atomic E-state index is 0.840. The summed E-state index contributed by atoms with van der Waals surface area (Å²) in [7, 11) is 0. The highest BCUT2D eigenvalue weighted by Crippen LogP contribution is 2.28. The molecule has 0 amide bonds. The van der Waals surface area contributed by atoms with Crippen LogP contribution >= 0.6 is 0 Å². The first-order valence-electron chi connectivity index (χ1n) is 11.3. The maximum absolute atomic E-state index is 5.06. The molecule has 1 aliphatic carbocycles. The number of aromatic nitrogens is 2. The lowest BCUT2D eigenvalue weighted by Gasteiger charge is -2.36. The molecule has 2 aromatic carbocycles. The predicted octanol–water partition coefficient (Wildman–Crippen LogP) is 4.01. The standard InChI is InChI=1S/C25H30N4/c1-2-5-21-18-27(12-10-20(21)4-1)17-19-8-9-24-23(16-19)26-25-11-13-28(14-15-29(24)25)22-6-3-7-22/h1-2,4-5,8-9,16,22H,3,6-7,10-15,17-18H2. The maximum atomic E-state index is 5.06. The van der Waals surface area contributed by atoms with Crippen LogP contribution in [0.25, 0.3) is 11.0 Å². The van der Waals surface area contributed by atoms with Gasteiger partial charge in [0.1, 0.15) is 5.82 Å². The molecule has 0 atom stereocenters. The van der Waals surface area contributed by atoms with Crippen molar-refractivity contribution in [3.63, 3.8) is 0 Å². The second kappa shape index (κ2) is 7.26. The number of rotatable bonds is 3. The van der Waals surface area contributed by atoms with Crippen molar-refractivity contribution in [2.75, 3.05) is 19.6 Å². The lowest BCUT2D eigenvalue weighted by Crippen LogP contribution is -2.41. The van der Waals surface area contributed by atoms with Gasteiger partial charge in [-0.1, -0.05) is 36.8 Å². The first-order chi connectivity index (χ1) is 14.3. The summed E-state index contributed by atoms with van der Waals surface area (Å²) >= 11 is 0. The lowest BCUT2D eigenvalue weighted by molar-refractivity contribution is 0.130. The van der Waals surface area contributed by atoms with Gasteiger partial charge in [-0.2, -0.15) is 0 Å². The highest BCUT2D eigenvalue weighted by molar-refractivity contribution is 5.77. The summed E-state index contributed by atoms with van der Waals surface area (Å²) in [6, 6.07) is 16.7. The summed E-state index contributed by atoms with van der Waals surface area (Å²) in [5.41, 5.74) is 6.91. The highest BCUT2D eigenvalue weighted by Gasteiger charge is 2.27. The van der Waals surface area contributed by atoms with Gasteiger partial charge in [0.2, 0.25) is 0 Å². The average molecular weight is 387 g/mol. The summed E-state index contributed by atoms with van der Waals surface area (Å²) in [6.07, 6.45) is 6.46. The van der Waals surface area contributed by atoms with Gasteiger partial charge in [0.15, 0.2) is 0 Å². The van der Waals surface area contributed by atoms with E-state index in [0.717, 1.165) is 45.1 Å². The molecule has 3 aliphatic rings. The monoisotopic (exact) mass is 386 g/mol. The van der Waals surface area contributed by atoms with Crippen LogP contribution in [0.3, 0.4) is 0 Å². The second-order valence-corrected chi connectivity index (χ2v) is 9.10. The van der Waals surface area contributed by atoms with Crippen molar-refractivity contribution in [1.29, 1.82) is 0 Å². The smallest absolute Gasteiger partial charge is 0.111 e. The summed E-state index contributed by atoms with van der Waals surface area (Å²) in [6.45, 7) is 6.66. The van der Waals surface area contributed by atoms with Gasteiger partial charge in [-0.15, -0.1) is 0 Å². The molecule has 6 rings (SSSR count). The van der Waals surface area contributed by atoms with Gasteiger partial charge in [0.25, 0.3) is 0 Å². The van der Waals surface area contributed by atoms with E-state index in [1.54, 1.807) is 0 Å². The fraction of sp³-hybridized carbons (Fsp3) is 0.480. The molecule has 3 aromatic rings. The third-order valence-electron chi connectivity index (χ3n) is 7.33. The number of hydrogen-bond donors (Lipinski definition) is 0. The zero-order valence-electron chi connectivity index (χ0n) is 17.2. The first kappa shape index (κ1) is 17.7. The van der Waals surface area contributed by atoms with Gasteiger partial charge in [0, 0.05) is 51.7 Å². The Morgan fingerprint density at radius 2 is 1.79 bits per heavy atom. The van der Waals surface area contributed by atoms with E-state index in [2.05, 4.69) is 56.8 Å². The van der Waals surface area contributed by atoms with Crippen LogP contribution in [-0.4, -0.2) is 45.0 Å². The zero-order valence-corrected chi connectivity index (χ0v) is 17.2. The Labute approximate surface area is 173 Å². The van der Waals surface area contributed by atoms with Gasteiger partial charge >= 0.3 is 0 Å². The van der Waals surface area contributed by atoms with E-state index in [0.29, 0.717) is 0 Å². The van der Waals surface area contributed by atoms with E-state index >= 15 is 0 Å². The Kier molecular flexibility index (Phi) is 4.42. The zero-order chi connectivity index (χ0) is 19.2. The Bertz CT molecular complexity index is 1030. The molecule has 0 spiro atoms. The van der Waals surface area contributed by atoms with Crippen LogP contribution in [0.1, 0.15) is 41.8 Å². The number of fused-ring (bicyclic) bond motifs is 4. The molecule has 4 heteroatoms. The largest absolute Gasteiger partial charge is 0.327 e. The minimum Gasteiger partial charge on any atom is -0.327 e. The SMILES string of the molecule is c1ccc2c(c1)CCN(Cc1ccc3c(c1)nc1n3CCN(C3CCC3)CC1)C2. The van der Waals surface area contributed by atoms with E-state index in [1.165, 1.54) is 65.9 Å². The molecule has 0 bridgehead atoms. The quantitative estimate of drug-likeness (QED) is 0.680. The van der Waals surface area contributed by atoms with Gasteiger partial charge < -0.3 is 4.57 Å². The van der Waals surface area contributed by atoms with Crippen molar-refractivity contribution in [3.8, 4) is 0 Å². The van der Waals surface area contributed by atoms with E-state index in [1.807, 2.05) is 0 Å². The van der Waals surface area contributed by atoms with Gasteiger partial charge in [-0.3, -0.25) is 9.80 Å². The molecule has 150 valence electrons. The van der Waals surface area contributed by atoms with E-state index < -0.39 is 0 Å². The summed E-state index contributed by atoms with van der Waals surface area (Å²) < 4.78 is 2.48. The molecule has 0 saturated heterocycles. The average Bonchev–Trinajstić information content (AvgIpc) is 2.92. The van der Waals surface area contributed by atoms with Crippen LogP contribution in [-0.2, 0) is 32.5 Å². The molecule has 0 radical (unpaired) electrons. The van der Waals surface area contributed by atoms with Crippen molar-refractivity contribution in [1.82, 2.24) is 19.4 Å². The third-order valence-corrected chi connectivity index (χ3v) is 7.33. The minimum absolute atomic E-state index is 0.840. The van der Waals surface area contributed by atoms with Crippen LogP contribution < -0.4 is 0 Å². The summed E-state index contributed by atoms with van der Waals surface area (Å²) in [5, 5.41) is 0. The van der Waals surface area contributed by atoms with Crippen LogP contribution in [0.5, 0.6) is 0 Å². The van der Waals surface area contributed by atoms with Crippen LogP contribution in [0.4, 0.5) is 0 Å². The van der Waals surface area contributed by atoms with Crippen molar-refractivity contribution in [2.24, 2.45) is 0 Å². The Morgan fingerprint density at radius 1 is 0.897 bits per heavy atom. The molecular formula is C25H30N4. The van der Waals surface area contributed by atoms with E-state index in [-0.39, 0.29) is 0 Å². The molecular weight excluding hydrogens is 356 g/mol. The van der Waals surface area contributed by atoms with Gasteiger partial charge in [-0.25, -0.2) is 4.98 Å². The van der Waals surface area contributed by atoms with Crippen molar-refractivity contribution in [3.05, 3.63) is 65.0 Å². The highest BCUT2D eigenvalue weighted by atomic mass is 15.2. The summed E-state index contributed by atoms with van der Waals surface area (Å²) in [4.78, 5) is 10.3. The fourth-order valence-electron chi connectivity index (χ4n) is 5.41. The molecule has 3 heterocycles. The number of nitrogens with zero attached hydrogens (tertiary/aromatic N) is 4. The number of hydrogen-bond acceptors (Lipinski definition) is 3. The van der Waals surface area contributed by atoms with E-state index in [9.17, 15) is 0 Å². The van der Waals surface area contributed by atoms with Crippen molar-refractivity contribution >= 4 is 11.0 Å². The van der Waals surface area contributed by atoms with Crippen LogP contribution in [0.2, 0.25) is 0 Å². The summed E-state index contributed by atoms with van der Waals surface area (Å²) in [5.74, 6) is 1.28. The normalized spacial score (nSPS) is 20.8. The molecule has 1 aromatic heterocycles. The molecule has 29 heavy (non-hydrogen) atoms. The van der Waals surface area contributed by atoms with Crippen molar-refractivity contribution < 1.29 is 0 Å². The molecule has 2 aliphatic heterocycles. The van der Waals surface area contributed by atoms with Crippen molar-refractivity contribution in [2.45, 2.75) is 57.8 Å². The maximum Gasteiger partial charge on any atom is 0.111 e. The molecule has 1 fully saturated rings. The Balaban J connectivity index is 1.19. The second-order valence-electron chi connectivity index (χ2n) is 9.10. The lowest BCUT2D eigenvalue weighted by atomic mass is 9.91. The first-order valence-corrected chi connectivity index (χ1v) is 11.3. The van der Waals surface area contributed by atoms with Crippen LogP contribution in [0, 0.1) is 0 Å².